The first-order chi connectivity index (χ1) is 15.0. The van der Waals surface area contributed by atoms with Crippen molar-refractivity contribution in [2.75, 3.05) is 18.2 Å². The Hall–Kier alpha value is -3.24. The summed E-state index contributed by atoms with van der Waals surface area (Å²) >= 11 is 2.59. The molecule has 4 aromatic rings. The Morgan fingerprint density at radius 2 is 1.90 bits per heavy atom. The largest absolute Gasteiger partial charge is 0.497 e. The van der Waals surface area contributed by atoms with Crippen LogP contribution in [0.3, 0.4) is 0 Å². The van der Waals surface area contributed by atoms with Gasteiger partial charge in [0.05, 0.1) is 24.8 Å². The van der Waals surface area contributed by atoms with Crippen LogP contribution in [0.2, 0.25) is 0 Å². The van der Waals surface area contributed by atoms with Crippen LogP contribution in [-0.4, -0.2) is 38.5 Å². The van der Waals surface area contributed by atoms with E-state index in [0.717, 1.165) is 27.7 Å². The zero-order valence-electron chi connectivity index (χ0n) is 16.7. The monoisotopic (exact) mass is 455 g/mol. The lowest BCUT2D eigenvalue weighted by molar-refractivity contribution is -0.113. The summed E-state index contributed by atoms with van der Waals surface area (Å²) in [7, 11) is 1.61. The lowest BCUT2D eigenvalue weighted by Gasteiger charge is -2.12. The highest BCUT2D eigenvalue weighted by atomic mass is 32.2. The molecule has 0 fully saturated rings. The summed E-state index contributed by atoms with van der Waals surface area (Å²) in [5, 5.41) is 12.4. The molecule has 2 aromatic carbocycles. The van der Waals surface area contributed by atoms with Crippen molar-refractivity contribution in [3.8, 4) is 22.7 Å². The van der Waals surface area contributed by atoms with Gasteiger partial charge in [-0.1, -0.05) is 23.1 Å². The van der Waals surface area contributed by atoms with Crippen LogP contribution < -0.4 is 10.1 Å². The molecule has 4 rings (SSSR count). The Kier molecular flexibility index (Phi) is 6.28. The molecule has 0 aliphatic heterocycles. The Labute approximate surface area is 186 Å². The molecule has 0 saturated heterocycles. The number of aryl methyl sites for hydroxylation is 1. The molecular formula is C21H18FN5O2S2. The fourth-order valence-corrected chi connectivity index (χ4v) is 4.27. The maximum absolute atomic E-state index is 13.5. The number of aromatic nitrogens is 4. The summed E-state index contributed by atoms with van der Waals surface area (Å²) in [5.74, 6) is 0.352. The van der Waals surface area contributed by atoms with Crippen LogP contribution in [0, 0.1) is 12.7 Å². The van der Waals surface area contributed by atoms with E-state index in [2.05, 4.69) is 20.5 Å². The van der Waals surface area contributed by atoms with E-state index in [9.17, 15) is 9.18 Å². The fraction of sp³-hybridized carbons (Fsp3) is 0.143. The van der Waals surface area contributed by atoms with Crippen molar-refractivity contribution in [2.45, 2.75) is 12.1 Å². The standard InChI is InChI=1S/C21H18FN5O2S2/c1-13-25-26-20(31-13)24-19(28)12-30-21-23-11-18(14-3-9-17(29-2)10-4-14)27(21)16-7-5-15(22)6-8-16/h3-11H,12H2,1-2H3,(H,24,26,28). The van der Waals surface area contributed by atoms with Gasteiger partial charge in [-0.15, -0.1) is 10.2 Å². The number of carbonyl (C=O) groups excluding carboxylic acids is 1. The quantitative estimate of drug-likeness (QED) is 0.411. The van der Waals surface area contributed by atoms with Crippen molar-refractivity contribution >= 4 is 34.1 Å². The average molecular weight is 456 g/mol. The summed E-state index contributed by atoms with van der Waals surface area (Å²) in [6.07, 6.45) is 1.74. The first-order valence-corrected chi connectivity index (χ1v) is 11.0. The zero-order chi connectivity index (χ0) is 21.8. The zero-order valence-corrected chi connectivity index (χ0v) is 18.3. The first kappa shape index (κ1) is 21.0. The van der Waals surface area contributed by atoms with E-state index in [1.807, 2.05) is 35.8 Å². The van der Waals surface area contributed by atoms with Gasteiger partial charge in [0.1, 0.15) is 16.6 Å². The Morgan fingerprint density at radius 1 is 1.16 bits per heavy atom. The predicted molar refractivity (Wildman–Crippen MR) is 120 cm³/mol. The highest BCUT2D eigenvalue weighted by molar-refractivity contribution is 7.99. The number of hydrogen-bond acceptors (Lipinski definition) is 7. The lowest BCUT2D eigenvalue weighted by atomic mass is 10.1. The highest BCUT2D eigenvalue weighted by Crippen LogP contribution is 2.31. The molecule has 10 heteroatoms. The van der Waals surface area contributed by atoms with E-state index in [1.54, 1.807) is 25.4 Å². The predicted octanol–water partition coefficient (Wildman–Crippen LogP) is 4.58. The summed E-state index contributed by atoms with van der Waals surface area (Å²) in [5.41, 5.74) is 2.47. The Balaban J connectivity index is 1.61. The number of imidazole rings is 1. The van der Waals surface area contributed by atoms with Crippen molar-refractivity contribution < 1.29 is 13.9 Å². The van der Waals surface area contributed by atoms with Gasteiger partial charge in [-0.25, -0.2) is 9.37 Å². The number of nitrogens with zero attached hydrogens (tertiary/aromatic N) is 4. The molecule has 0 saturated carbocycles. The van der Waals surface area contributed by atoms with Crippen LogP contribution in [-0.2, 0) is 4.79 Å². The number of carbonyl (C=O) groups is 1. The molecule has 2 aromatic heterocycles. The topological polar surface area (TPSA) is 81.9 Å². The lowest BCUT2D eigenvalue weighted by Crippen LogP contribution is -2.14. The molecule has 158 valence electrons. The second kappa shape index (κ2) is 9.27. The van der Waals surface area contributed by atoms with Crippen molar-refractivity contribution in [1.82, 2.24) is 19.7 Å². The van der Waals surface area contributed by atoms with Gasteiger partial charge in [0.15, 0.2) is 5.16 Å². The second-order valence-electron chi connectivity index (χ2n) is 6.43. The van der Waals surface area contributed by atoms with Gasteiger partial charge < -0.3 is 4.74 Å². The molecule has 1 N–H and O–H groups in total. The minimum Gasteiger partial charge on any atom is -0.497 e. The smallest absolute Gasteiger partial charge is 0.236 e. The van der Waals surface area contributed by atoms with Gasteiger partial charge >= 0.3 is 0 Å². The number of thioether (sulfide) groups is 1. The fourth-order valence-electron chi connectivity index (χ4n) is 2.87. The van der Waals surface area contributed by atoms with Crippen LogP contribution in [0.25, 0.3) is 16.9 Å². The normalized spacial score (nSPS) is 10.8. The molecule has 0 atom stereocenters. The van der Waals surface area contributed by atoms with Crippen LogP contribution in [0.1, 0.15) is 5.01 Å². The van der Waals surface area contributed by atoms with E-state index in [4.69, 9.17) is 4.74 Å². The van der Waals surface area contributed by atoms with E-state index >= 15 is 0 Å². The molecule has 0 aliphatic carbocycles. The van der Waals surface area contributed by atoms with Crippen molar-refractivity contribution in [2.24, 2.45) is 0 Å². The number of hydrogen-bond donors (Lipinski definition) is 1. The molecule has 0 bridgehead atoms. The number of halogens is 1. The summed E-state index contributed by atoms with van der Waals surface area (Å²) < 4.78 is 20.6. The van der Waals surface area contributed by atoms with Crippen molar-refractivity contribution in [3.05, 3.63) is 65.6 Å². The van der Waals surface area contributed by atoms with Gasteiger partial charge in [-0.2, -0.15) is 0 Å². The third-order valence-electron chi connectivity index (χ3n) is 4.30. The molecule has 0 spiro atoms. The third-order valence-corrected chi connectivity index (χ3v) is 6.01. The first-order valence-electron chi connectivity index (χ1n) is 9.24. The molecule has 1 amide bonds. The second-order valence-corrected chi connectivity index (χ2v) is 8.55. The van der Waals surface area contributed by atoms with E-state index < -0.39 is 0 Å². The molecule has 2 heterocycles. The number of nitrogens with one attached hydrogen (secondary N) is 1. The number of benzene rings is 2. The van der Waals surface area contributed by atoms with E-state index in [-0.39, 0.29) is 17.5 Å². The molecule has 31 heavy (non-hydrogen) atoms. The maximum Gasteiger partial charge on any atom is 0.236 e. The van der Waals surface area contributed by atoms with Crippen molar-refractivity contribution in [1.29, 1.82) is 0 Å². The highest BCUT2D eigenvalue weighted by Gasteiger charge is 2.16. The molecule has 0 unspecified atom stereocenters. The van der Waals surface area contributed by atoms with Crippen LogP contribution in [0.5, 0.6) is 5.75 Å². The van der Waals surface area contributed by atoms with Gasteiger partial charge in [-0.05, 0) is 55.5 Å². The maximum atomic E-state index is 13.5. The van der Waals surface area contributed by atoms with Gasteiger partial charge in [0.25, 0.3) is 0 Å². The van der Waals surface area contributed by atoms with Crippen LogP contribution in [0.15, 0.2) is 59.9 Å². The van der Waals surface area contributed by atoms with Crippen LogP contribution >= 0.6 is 23.1 Å². The number of rotatable bonds is 7. The molecule has 7 nitrogen and oxygen atoms in total. The number of methoxy groups -OCH3 is 1. The van der Waals surface area contributed by atoms with E-state index in [1.165, 1.54) is 35.2 Å². The number of anilines is 1. The summed E-state index contributed by atoms with van der Waals surface area (Å²) in [4.78, 5) is 16.9. The molecular weight excluding hydrogens is 437 g/mol. The van der Waals surface area contributed by atoms with Crippen LogP contribution in [0.4, 0.5) is 9.52 Å². The molecule has 0 radical (unpaired) electrons. The minimum atomic E-state index is -0.323. The molecule has 0 aliphatic rings. The average Bonchev–Trinajstić information content (AvgIpc) is 3.39. The van der Waals surface area contributed by atoms with Gasteiger partial charge in [0, 0.05) is 11.3 Å². The third kappa shape index (κ3) is 4.92. The summed E-state index contributed by atoms with van der Waals surface area (Å²) in [6.45, 7) is 1.82. The SMILES string of the molecule is COc1ccc(-c2cnc(SCC(=O)Nc3nnc(C)s3)n2-c2ccc(F)cc2)cc1. The van der Waals surface area contributed by atoms with Crippen molar-refractivity contribution in [3.63, 3.8) is 0 Å². The van der Waals surface area contributed by atoms with E-state index in [0.29, 0.717) is 10.3 Å². The van der Waals surface area contributed by atoms with Gasteiger partial charge in [0.2, 0.25) is 11.0 Å². The Bertz CT molecular complexity index is 1190. The number of ether oxygens (including phenoxy) is 1. The minimum absolute atomic E-state index is 0.138. The Morgan fingerprint density at radius 3 is 2.55 bits per heavy atom. The number of amides is 1. The van der Waals surface area contributed by atoms with Gasteiger partial charge in [-0.3, -0.25) is 14.7 Å². The summed E-state index contributed by atoms with van der Waals surface area (Å²) in [6, 6.07) is 13.7.